The number of β-amino-alcohol motifs (C(OH)–C–C–N with tert-alkyl or cyclic N) is 1. The molecule has 0 aromatic heterocycles. The molecule has 1 aliphatic rings. The van der Waals surface area contributed by atoms with E-state index >= 15 is 0 Å². The molecular weight excluding hydrogens is 304 g/mol. The predicted molar refractivity (Wildman–Crippen MR) is 96.0 cm³/mol. The van der Waals surface area contributed by atoms with Crippen LogP contribution in [-0.4, -0.2) is 61.4 Å². The van der Waals surface area contributed by atoms with Crippen molar-refractivity contribution in [1.82, 2.24) is 10.2 Å². The molecule has 0 bridgehead atoms. The molecule has 132 valence electrons. The molecule has 1 unspecified atom stereocenters. The lowest BCUT2D eigenvalue weighted by atomic mass is 10.0. The fourth-order valence-electron chi connectivity index (χ4n) is 2.75. The van der Waals surface area contributed by atoms with Crippen LogP contribution in [0.5, 0.6) is 0 Å². The molecule has 1 amide bonds. The number of morpholine rings is 1. The molecule has 2 N–H and O–H groups in total. The average Bonchev–Trinajstić information content (AvgIpc) is 2.56. The summed E-state index contributed by atoms with van der Waals surface area (Å²) in [6.07, 6.45) is 2.79. The van der Waals surface area contributed by atoms with Crippen LogP contribution in [0.2, 0.25) is 0 Å². The van der Waals surface area contributed by atoms with Gasteiger partial charge in [0.15, 0.2) is 0 Å². The van der Waals surface area contributed by atoms with Gasteiger partial charge in [0.05, 0.1) is 19.3 Å². The third kappa shape index (κ3) is 5.74. The van der Waals surface area contributed by atoms with Crippen LogP contribution < -0.4 is 5.32 Å². The molecule has 2 rings (SSSR count). The Balaban J connectivity index is 1.79. The summed E-state index contributed by atoms with van der Waals surface area (Å²) >= 11 is 0. The molecule has 5 heteroatoms. The summed E-state index contributed by atoms with van der Waals surface area (Å²) < 4.78 is 5.28. The first-order valence-electron chi connectivity index (χ1n) is 8.47. The third-order valence-corrected chi connectivity index (χ3v) is 4.38. The molecule has 1 saturated heterocycles. The number of nitrogens with one attached hydrogen (secondary N) is 1. The van der Waals surface area contributed by atoms with E-state index in [2.05, 4.69) is 36.2 Å². The number of carbonyl (C=O) groups excluding carboxylic acids is 1. The standard InChI is InChI=1S/C19H28N2O3/c1-14-10-16(3)17(11-15(14)2)4-5-19(23)20-12-18(22)13-21-6-8-24-9-7-21/h4-5,10-11,18,22H,6-9,12-13H2,1-3H3,(H,20,23)/b5-4+. The summed E-state index contributed by atoms with van der Waals surface area (Å²) in [6.45, 7) is 10.1. The fraction of sp³-hybridized carbons (Fsp3) is 0.526. The Morgan fingerprint density at radius 1 is 1.25 bits per heavy atom. The number of benzene rings is 1. The summed E-state index contributed by atoms with van der Waals surface area (Å²) in [5, 5.41) is 12.8. The summed E-state index contributed by atoms with van der Waals surface area (Å²) in [5.41, 5.74) is 4.65. The molecule has 1 aromatic carbocycles. The maximum atomic E-state index is 11.9. The monoisotopic (exact) mass is 332 g/mol. The zero-order valence-electron chi connectivity index (χ0n) is 14.8. The molecular formula is C19H28N2O3. The first kappa shape index (κ1) is 18.6. The van der Waals surface area contributed by atoms with Crippen LogP contribution >= 0.6 is 0 Å². The maximum absolute atomic E-state index is 11.9. The van der Waals surface area contributed by atoms with Gasteiger partial charge in [0, 0.05) is 32.3 Å². The second kappa shape index (κ2) is 8.97. The van der Waals surface area contributed by atoms with Crippen molar-refractivity contribution in [2.45, 2.75) is 26.9 Å². The van der Waals surface area contributed by atoms with Gasteiger partial charge in [-0.1, -0.05) is 12.1 Å². The largest absolute Gasteiger partial charge is 0.390 e. The number of hydrogen-bond donors (Lipinski definition) is 2. The van der Waals surface area contributed by atoms with Gasteiger partial charge in [-0.2, -0.15) is 0 Å². The maximum Gasteiger partial charge on any atom is 0.244 e. The van der Waals surface area contributed by atoms with Crippen molar-refractivity contribution in [3.8, 4) is 0 Å². The molecule has 0 aliphatic carbocycles. The Labute approximate surface area is 144 Å². The van der Waals surface area contributed by atoms with Crippen molar-refractivity contribution >= 4 is 12.0 Å². The molecule has 1 atom stereocenters. The van der Waals surface area contributed by atoms with Crippen molar-refractivity contribution in [3.63, 3.8) is 0 Å². The van der Waals surface area contributed by atoms with Crippen LogP contribution in [-0.2, 0) is 9.53 Å². The van der Waals surface area contributed by atoms with E-state index in [1.54, 1.807) is 0 Å². The van der Waals surface area contributed by atoms with Crippen LogP contribution in [0.1, 0.15) is 22.3 Å². The summed E-state index contributed by atoms with van der Waals surface area (Å²) in [4.78, 5) is 14.1. The highest BCUT2D eigenvalue weighted by molar-refractivity contribution is 5.91. The van der Waals surface area contributed by atoms with Crippen LogP contribution in [0.15, 0.2) is 18.2 Å². The highest BCUT2D eigenvalue weighted by Gasteiger charge is 2.15. The highest BCUT2D eigenvalue weighted by atomic mass is 16.5. The summed E-state index contributed by atoms with van der Waals surface area (Å²) in [6, 6.07) is 4.21. The van der Waals surface area contributed by atoms with E-state index in [4.69, 9.17) is 4.74 Å². The van der Waals surface area contributed by atoms with Gasteiger partial charge in [-0.25, -0.2) is 0 Å². The number of aryl methyl sites for hydroxylation is 3. The Morgan fingerprint density at radius 3 is 2.62 bits per heavy atom. The van der Waals surface area contributed by atoms with Gasteiger partial charge in [0.2, 0.25) is 5.91 Å². The van der Waals surface area contributed by atoms with Crippen LogP contribution in [0, 0.1) is 20.8 Å². The number of amides is 1. The molecule has 0 saturated carbocycles. The quantitative estimate of drug-likeness (QED) is 0.774. The minimum atomic E-state index is -0.566. The number of ether oxygens (including phenoxy) is 1. The number of rotatable bonds is 6. The van der Waals surface area contributed by atoms with E-state index in [1.807, 2.05) is 13.0 Å². The zero-order chi connectivity index (χ0) is 17.5. The molecule has 0 radical (unpaired) electrons. The topological polar surface area (TPSA) is 61.8 Å². The van der Waals surface area contributed by atoms with Crippen molar-refractivity contribution in [1.29, 1.82) is 0 Å². The normalized spacial score (nSPS) is 17.2. The minimum Gasteiger partial charge on any atom is -0.390 e. The number of nitrogens with zero attached hydrogens (tertiary/aromatic N) is 1. The predicted octanol–water partition coefficient (Wildman–Crippen LogP) is 1.43. The second-order valence-electron chi connectivity index (χ2n) is 6.44. The van der Waals surface area contributed by atoms with Gasteiger partial charge in [-0.3, -0.25) is 9.69 Å². The molecule has 0 spiro atoms. The first-order valence-corrected chi connectivity index (χ1v) is 8.47. The Hall–Kier alpha value is -1.69. The molecule has 1 heterocycles. The van der Waals surface area contributed by atoms with Crippen LogP contribution in [0.3, 0.4) is 0 Å². The van der Waals surface area contributed by atoms with Gasteiger partial charge in [0.25, 0.3) is 0 Å². The molecule has 5 nitrogen and oxygen atoms in total. The number of aliphatic hydroxyl groups is 1. The Morgan fingerprint density at radius 2 is 1.92 bits per heavy atom. The average molecular weight is 332 g/mol. The lowest BCUT2D eigenvalue weighted by Crippen LogP contribution is -2.44. The SMILES string of the molecule is Cc1cc(C)c(/C=C/C(=O)NCC(O)CN2CCOCC2)cc1C. The van der Waals surface area contributed by atoms with E-state index < -0.39 is 6.10 Å². The van der Waals surface area contributed by atoms with E-state index in [0.29, 0.717) is 19.8 Å². The van der Waals surface area contributed by atoms with Crippen molar-refractivity contribution < 1.29 is 14.6 Å². The van der Waals surface area contributed by atoms with Crippen molar-refractivity contribution in [2.24, 2.45) is 0 Å². The molecule has 24 heavy (non-hydrogen) atoms. The summed E-state index contributed by atoms with van der Waals surface area (Å²) in [5.74, 6) is -0.186. The zero-order valence-corrected chi connectivity index (χ0v) is 14.8. The van der Waals surface area contributed by atoms with E-state index in [1.165, 1.54) is 17.2 Å². The summed E-state index contributed by atoms with van der Waals surface area (Å²) in [7, 11) is 0. The van der Waals surface area contributed by atoms with Crippen molar-refractivity contribution in [2.75, 3.05) is 39.4 Å². The van der Waals surface area contributed by atoms with Gasteiger partial charge in [-0.15, -0.1) is 0 Å². The Bertz CT molecular complexity index is 593. The van der Waals surface area contributed by atoms with Crippen molar-refractivity contribution in [3.05, 3.63) is 40.5 Å². The third-order valence-electron chi connectivity index (χ3n) is 4.38. The number of aliphatic hydroxyl groups excluding tert-OH is 1. The lowest BCUT2D eigenvalue weighted by molar-refractivity contribution is -0.117. The van der Waals surface area contributed by atoms with Crippen LogP contribution in [0.4, 0.5) is 0 Å². The number of hydrogen-bond acceptors (Lipinski definition) is 4. The fourth-order valence-corrected chi connectivity index (χ4v) is 2.75. The van der Waals surface area contributed by atoms with E-state index in [0.717, 1.165) is 24.2 Å². The molecule has 1 aliphatic heterocycles. The van der Waals surface area contributed by atoms with Gasteiger partial charge >= 0.3 is 0 Å². The van der Waals surface area contributed by atoms with E-state index in [9.17, 15) is 9.90 Å². The second-order valence-corrected chi connectivity index (χ2v) is 6.44. The van der Waals surface area contributed by atoms with Gasteiger partial charge in [-0.05, 0) is 49.1 Å². The molecule has 1 fully saturated rings. The highest BCUT2D eigenvalue weighted by Crippen LogP contribution is 2.16. The number of carbonyl (C=O) groups is 1. The van der Waals surface area contributed by atoms with Crippen LogP contribution in [0.25, 0.3) is 6.08 Å². The van der Waals surface area contributed by atoms with E-state index in [-0.39, 0.29) is 12.5 Å². The minimum absolute atomic E-state index is 0.186. The first-order chi connectivity index (χ1) is 11.5. The smallest absolute Gasteiger partial charge is 0.244 e. The Kier molecular flexibility index (Phi) is 6.97. The van der Waals surface area contributed by atoms with Gasteiger partial charge < -0.3 is 15.2 Å². The molecule has 1 aromatic rings. The lowest BCUT2D eigenvalue weighted by Gasteiger charge is -2.28. The van der Waals surface area contributed by atoms with Gasteiger partial charge in [0.1, 0.15) is 0 Å².